The van der Waals surface area contributed by atoms with Crippen molar-refractivity contribution in [2.24, 2.45) is 0 Å². The Kier molecular flexibility index (Phi) is 10.2. The van der Waals surface area contributed by atoms with Crippen LogP contribution in [0.2, 0.25) is 0 Å². The minimum Gasteiger partial charge on any atom is -0.490 e. The normalized spacial score (nSPS) is 10.4. The number of carbonyl (C=O) groups is 3. The summed E-state index contributed by atoms with van der Waals surface area (Å²) >= 11 is 0. The number of methoxy groups -OCH3 is 1. The van der Waals surface area contributed by atoms with Gasteiger partial charge in [-0.05, 0) is 46.5 Å². The highest BCUT2D eigenvalue weighted by atomic mass is 16.6. The fourth-order valence-electron chi connectivity index (χ4n) is 3.24. The third kappa shape index (κ3) is 8.64. The second-order valence-corrected chi connectivity index (χ2v) is 8.01. The molecule has 0 bridgehead atoms. The third-order valence-corrected chi connectivity index (χ3v) is 5.29. The van der Waals surface area contributed by atoms with Gasteiger partial charge in [-0.1, -0.05) is 73.8 Å². The van der Waals surface area contributed by atoms with E-state index in [4.69, 9.17) is 14.2 Å². The van der Waals surface area contributed by atoms with Crippen LogP contribution >= 0.6 is 0 Å². The molecular weight excluding hydrogens is 484 g/mol. The zero-order valence-corrected chi connectivity index (χ0v) is 21.1. The number of hydrogen-bond acceptors (Lipinski definition) is 7. The average molecular weight is 513 g/mol. The van der Waals surface area contributed by atoms with Gasteiger partial charge in [0, 0.05) is 11.6 Å². The minimum absolute atomic E-state index is 0.0304. The van der Waals surface area contributed by atoms with Gasteiger partial charge >= 0.3 is 17.9 Å². The summed E-state index contributed by atoms with van der Waals surface area (Å²) in [7, 11) is 1.24. The summed E-state index contributed by atoms with van der Waals surface area (Å²) < 4.78 is 20.2. The summed E-state index contributed by atoms with van der Waals surface area (Å²) in [6.07, 6.45) is 4.90. The smallest absolute Gasteiger partial charge is 0.335 e. The van der Waals surface area contributed by atoms with Gasteiger partial charge in [-0.2, -0.15) is 0 Å². The van der Waals surface area contributed by atoms with Crippen molar-refractivity contribution in [3.05, 3.63) is 109 Å². The molecule has 0 aliphatic rings. The maximum atomic E-state index is 11.8. The van der Waals surface area contributed by atoms with E-state index >= 15 is 0 Å². The van der Waals surface area contributed by atoms with E-state index in [0.717, 1.165) is 28.3 Å². The second-order valence-electron chi connectivity index (χ2n) is 8.01. The monoisotopic (exact) mass is 512 g/mol. The highest BCUT2D eigenvalue weighted by Crippen LogP contribution is 2.23. The molecule has 3 aromatic rings. The van der Waals surface area contributed by atoms with Gasteiger partial charge in [0.25, 0.3) is 0 Å². The SMILES string of the molecule is C=CC(=O)Oc1ccc(/C=C/c2ccc(-c3ccc(OCCOC(=O)C(=C)CC(=O)OC)cc3)cc2)cc1. The fourth-order valence-corrected chi connectivity index (χ4v) is 3.24. The molecule has 0 heterocycles. The Morgan fingerprint density at radius 3 is 1.84 bits per heavy atom. The summed E-state index contributed by atoms with van der Waals surface area (Å²) in [6, 6.07) is 22.9. The zero-order chi connectivity index (χ0) is 27.3. The van der Waals surface area contributed by atoms with Crippen LogP contribution in [0.15, 0.2) is 97.6 Å². The van der Waals surface area contributed by atoms with E-state index in [1.807, 2.05) is 72.8 Å². The van der Waals surface area contributed by atoms with E-state index in [-0.39, 0.29) is 25.2 Å². The van der Waals surface area contributed by atoms with Crippen LogP contribution in [0.5, 0.6) is 11.5 Å². The van der Waals surface area contributed by atoms with Crippen LogP contribution in [0.3, 0.4) is 0 Å². The van der Waals surface area contributed by atoms with Gasteiger partial charge in [0.1, 0.15) is 24.7 Å². The van der Waals surface area contributed by atoms with Gasteiger partial charge in [-0.25, -0.2) is 9.59 Å². The first-order chi connectivity index (χ1) is 18.4. The lowest BCUT2D eigenvalue weighted by Crippen LogP contribution is -2.15. The molecule has 38 heavy (non-hydrogen) atoms. The van der Waals surface area contributed by atoms with Gasteiger partial charge in [0.15, 0.2) is 0 Å². The van der Waals surface area contributed by atoms with Crippen molar-refractivity contribution in [2.75, 3.05) is 20.3 Å². The van der Waals surface area contributed by atoms with Crippen molar-refractivity contribution in [1.29, 1.82) is 0 Å². The molecule has 0 spiro atoms. The van der Waals surface area contributed by atoms with Crippen molar-refractivity contribution in [2.45, 2.75) is 6.42 Å². The van der Waals surface area contributed by atoms with Crippen molar-refractivity contribution >= 4 is 30.1 Å². The molecule has 0 aliphatic carbocycles. The molecule has 0 saturated heterocycles. The van der Waals surface area contributed by atoms with Crippen LogP contribution in [-0.2, 0) is 23.9 Å². The predicted molar refractivity (Wildman–Crippen MR) is 145 cm³/mol. The summed E-state index contributed by atoms with van der Waals surface area (Å²) in [5, 5.41) is 0. The first-order valence-electron chi connectivity index (χ1n) is 11.8. The van der Waals surface area contributed by atoms with Crippen molar-refractivity contribution in [3.8, 4) is 22.6 Å². The van der Waals surface area contributed by atoms with Crippen LogP contribution in [0.4, 0.5) is 0 Å². The van der Waals surface area contributed by atoms with E-state index in [1.54, 1.807) is 12.1 Å². The van der Waals surface area contributed by atoms with Gasteiger partial charge in [-0.3, -0.25) is 4.79 Å². The molecule has 0 fully saturated rings. The van der Waals surface area contributed by atoms with Gasteiger partial charge < -0.3 is 18.9 Å². The van der Waals surface area contributed by atoms with Crippen LogP contribution in [-0.4, -0.2) is 38.2 Å². The standard InChI is InChI=1S/C31H28O7/c1-4-29(32)38-28-15-9-24(10-16-28)6-5-23-7-11-25(12-8-23)26-13-17-27(18-14-26)36-19-20-37-31(34)22(2)21-30(33)35-3/h4-18H,1-2,19-21H2,3H3/b6-5+. The van der Waals surface area contributed by atoms with Gasteiger partial charge in [0.2, 0.25) is 0 Å². The molecule has 3 rings (SSSR count). The molecule has 0 atom stereocenters. The number of carbonyl (C=O) groups excluding carboxylic acids is 3. The Balaban J connectivity index is 1.47. The lowest BCUT2D eigenvalue weighted by atomic mass is 10.0. The Morgan fingerprint density at radius 1 is 0.763 bits per heavy atom. The van der Waals surface area contributed by atoms with E-state index in [0.29, 0.717) is 11.5 Å². The van der Waals surface area contributed by atoms with Crippen molar-refractivity contribution in [3.63, 3.8) is 0 Å². The van der Waals surface area contributed by atoms with Gasteiger partial charge in [0.05, 0.1) is 13.5 Å². The number of ether oxygens (including phenoxy) is 4. The molecule has 7 nitrogen and oxygen atoms in total. The first-order valence-corrected chi connectivity index (χ1v) is 11.8. The summed E-state index contributed by atoms with van der Waals surface area (Å²) in [4.78, 5) is 34.2. The van der Waals surface area contributed by atoms with E-state index in [2.05, 4.69) is 17.9 Å². The fraction of sp³-hybridized carbons (Fsp3) is 0.129. The molecule has 7 heteroatoms. The second kappa shape index (κ2) is 14.0. The Hall–Kier alpha value is -4.91. The number of benzene rings is 3. The lowest BCUT2D eigenvalue weighted by molar-refractivity contribution is -0.144. The predicted octanol–water partition coefficient (Wildman–Crippen LogP) is 5.66. The molecule has 0 unspecified atom stereocenters. The first kappa shape index (κ1) is 27.7. The summed E-state index contributed by atoms with van der Waals surface area (Å²) in [5.41, 5.74) is 4.14. The molecule has 0 aromatic heterocycles. The topological polar surface area (TPSA) is 88.1 Å². The highest BCUT2D eigenvalue weighted by Gasteiger charge is 2.13. The summed E-state index contributed by atoms with van der Waals surface area (Å²) in [6.45, 7) is 7.10. The molecule has 0 aliphatic heterocycles. The van der Waals surface area contributed by atoms with Gasteiger partial charge in [-0.15, -0.1) is 0 Å². The quantitative estimate of drug-likeness (QED) is 0.102. The van der Waals surface area contributed by atoms with Crippen LogP contribution in [0.1, 0.15) is 17.5 Å². The molecule has 0 saturated carbocycles. The minimum atomic E-state index is -0.655. The Morgan fingerprint density at radius 2 is 1.29 bits per heavy atom. The zero-order valence-electron chi connectivity index (χ0n) is 21.1. The van der Waals surface area contributed by atoms with Crippen molar-refractivity contribution in [1.82, 2.24) is 0 Å². The van der Waals surface area contributed by atoms with Crippen LogP contribution in [0.25, 0.3) is 23.3 Å². The molecule has 0 N–H and O–H groups in total. The Bertz CT molecular complexity index is 1300. The third-order valence-electron chi connectivity index (χ3n) is 5.29. The highest BCUT2D eigenvalue weighted by molar-refractivity contribution is 5.93. The maximum absolute atomic E-state index is 11.8. The van der Waals surface area contributed by atoms with Crippen LogP contribution < -0.4 is 9.47 Å². The van der Waals surface area contributed by atoms with Crippen molar-refractivity contribution < 1.29 is 33.3 Å². The Labute approximate surface area is 221 Å². The average Bonchev–Trinajstić information content (AvgIpc) is 2.95. The molecule has 0 radical (unpaired) electrons. The summed E-state index contributed by atoms with van der Waals surface area (Å²) in [5.74, 6) is -0.586. The van der Waals surface area contributed by atoms with E-state index in [1.165, 1.54) is 7.11 Å². The number of hydrogen-bond donors (Lipinski definition) is 0. The maximum Gasteiger partial charge on any atom is 0.335 e. The van der Waals surface area contributed by atoms with E-state index in [9.17, 15) is 14.4 Å². The molecular formula is C31H28O7. The van der Waals surface area contributed by atoms with Crippen LogP contribution in [0, 0.1) is 0 Å². The molecule has 3 aromatic carbocycles. The number of esters is 3. The largest absolute Gasteiger partial charge is 0.490 e. The van der Waals surface area contributed by atoms with E-state index < -0.39 is 17.9 Å². The molecule has 0 amide bonds. The lowest BCUT2D eigenvalue weighted by Gasteiger charge is -2.09. The number of rotatable bonds is 12. The molecule has 194 valence electrons.